The van der Waals surface area contributed by atoms with Crippen LogP contribution in [0.15, 0.2) is 12.3 Å². The number of carboxylic acid groups (broad SMARTS) is 1. The van der Waals surface area contributed by atoms with Crippen molar-refractivity contribution in [2.75, 3.05) is 19.0 Å². The van der Waals surface area contributed by atoms with Crippen LogP contribution >= 0.6 is 0 Å². The van der Waals surface area contributed by atoms with Crippen molar-refractivity contribution in [3.63, 3.8) is 0 Å². The molecule has 2 N–H and O–H groups in total. The number of aliphatic carboxylic acids is 1. The summed E-state index contributed by atoms with van der Waals surface area (Å²) in [5.41, 5.74) is 0. The molecule has 7 nitrogen and oxygen atoms in total. The Morgan fingerprint density at radius 1 is 1.50 bits per heavy atom. The highest BCUT2D eigenvalue weighted by atomic mass is 16.5. The van der Waals surface area contributed by atoms with Gasteiger partial charge in [-0.3, -0.25) is 0 Å². The van der Waals surface area contributed by atoms with E-state index in [1.54, 1.807) is 13.2 Å². The molecule has 0 amide bonds. The lowest BCUT2D eigenvalue weighted by molar-refractivity contribution is -0.138. The average Bonchev–Trinajstić information content (AvgIpc) is 2.37. The second-order valence-electron chi connectivity index (χ2n) is 4.56. The summed E-state index contributed by atoms with van der Waals surface area (Å²) >= 11 is 0. The minimum atomic E-state index is -0.945. The molecule has 1 unspecified atom stereocenters. The molecule has 0 aliphatic heterocycles. The van der Waals surface area contributed by atoms with Crippen molar-refractivity contribution in [2.24, 2.45) is 0 Å². The van der Waals surface area contributed by atoms with E-state index in [4.69, 9.17) is 14.6 Å². The van der Waals surface area contributed by atoms with Crippen LogP contribution < -0.4 is 10.1 Å². The highest BCUT2D eigenvalue weighted by Gasteiger charge is 2.18. The van der Waals surface area contributed by atoms with Gasteiger partial charge in [-0.05, 0) is 26.7 Å². The lowest BCUT2D eigenvalue weighted by Gasteiger charge is -2.15. The van der Waals surface area contributed by atoms with Crippen LogP contribution in [-0.4, -0.2) is 46.9 Å². The molecular weight excluding hydrogens is 262 g/mol. The van der Waals surface area contributed by atoms with Gasteiger partial charge in [0, 0.05) is 26.0 Å². The predicted molar refractivity (Wildman–Crippen MR) is 74.0 cm³/mol. The van der Waals surface area contributed by atoms with Gasteiger partial charge < -0.3 is 19.9 Å². The van der Waals surface area contributed by atoms with E-state index in [0.29, 0.717) is 25.3 Å². The monoisotopic (exact) mass is 283 g/mol. The third-order valence-corrected chi connectivity index (χ3v) is 2.43. The van der Waals surface area contributed by atoms with Gasteiger partial charge in [-0.25, -0.2) is 9.78 Å². The number of carbonyl (C=O) groups is 1. The second kappa shape index (κ2) is 8.31. The molecule has 0 aliphatic rings. The van der Waals surface area contributed by atoms with Gasteiger partial charge in [0.25, 0.3) is 0 Å². The zero-order valence-electron chi connectivity index (χ0n) is 12.0. The fourth-order valence-corrected chi connectivity index (χ4v) is 1.56. The third kappa shape index (κ3) is 5.83. The molecule has 0 fully saturated rings. The number of hydrogen-bond acceptors (Lipinski definition) is 6. The van der Waals surface area contributed by atoms with Crippen molar-refractivity contribution in [3.8, 4) is 5.88 Å². The zero-order chi connectivity index (χ0) is 15.0. The summed E-state index contributed by atoms with van der Waals surface area (Å²) in [6, 6.07) is 0.880. The number of carboxylic acids is 1. The zero-order valence-corrected chi connectivity index (χ0v) is 12.0. The Morgan fingerprint density at radius 3 is 2.85 bits per heavy atom. The number of aromatic nitrogens is 2. The van der Waals surface area contributed by atoms with Crippen molar-refractivity contribution >= 4 is 11.9 Å². The molecule has 1 rings (SSSR count). The molecule has 0 bridgehead atoms. The minimum absolute atomic E-state index is 0.00489. The molecule has 0 aliphatic carbocycles. The lowest BCUT2D eigenvalue weighted by atomic mass is 10.1. The number of ether oxygens (including phenoxy) is 2. The van der Waals surface area contributed by atoms with Crippen LogP contribution in [0.3, 0.4) is 0 Å². The Hall–Kier alpha value is -1.89. The molecule has 20 heavy (non-hydrogen) atoms. The van der Waals surface area contributed by atoms with Gasteiger partial charge in [0.15, 0.2) is 0 Å². The van der Waals surface area contributed by atoms with Crippen LogP contribution in [-0.2, 0) is 9.53 Å². The van der Waals surface area contributed by atoms with Gasteiger partial charge in [-0.1, -0.05) is 0 Å². The Kier molecular flexibility index (Phi) is 6.72. The fraction of sp³-hybridized carbons (Fsp3) is 0.615. The Bertz CT molecular complexity index is 426. The summed E-state index contributed by atoms with van der Waals surface area (Å²) in [7, 11) is 1.58. The number of nitrogens with one attached hydrogen (secondary N) is 1. The van der Waals surface area contributed by atoms with Gasteiger partial charge in [0.05, 0.1) is 6.10 Å². The summed E-state index contributed by atoms with van der Waals surface area (Å²) in [5.74, 6) is -0.286. The highest BCUT2D eigenvalue weighted by Crippen LogP contribution is 2.12. The lowest BCUT2D eigenvalue weighted by Crippen LogP contribution is -2.30. The molecule has 1 aromatic heterocycles. The standard InChI is InChI=1S/C13H21N3O4/c1-9(2)20-11-6-7-14-13(16-11)15-10(12(17)18)5-4-8-19-3/h6-7,9-10H,4-5,8H2,1-3H3,(H,17,18)(H,14,15,16). The Morgan fingerprint density at radius 2 is 2.25 bits per heavy atom. The number of nitrogens with zero attached hydrogens (tertiary/aromatic N) is 2. The van der Waals surface area contributed by atoms with Crippen molar-refractivity contribution in [1.82, 2.24) is 9.97 Å². The van der Waals surface area contributed by atoms with E-state index in [9.17, 15) is 4.79 Å². The average molecular weight is 283 g/mol. The number of hydrogen-bond donors (Lipinski definition) is 2. The van der Waals surface area contributed by atoms with E-state index in [1.807, 2.05) is 13.8 Å². The summed E-state index contributed by atoms with van der Waals surface area (Å²) in [4.78, 5) is 19.3. The van der Waals surface area contributed by atoms with E-state index >= 15 is 0 Å². The molecule has 0 spiro atoms. The smallest absolute Gasteiger partial charge is 0.326 e. The van der Waals surface area contributed by atoms with Crippen LogP contribution in [0.25, 0.3) is 0 Å². The number of rotatable bonds is 9. The molecule has 1 heterocycles. The summed E-state index contributed by atoms with van der Waals surface area (Å²) in [6.45, 7) is 4.29. The Labute approximate surface area is 118 Å². The van der Waals surface area contributed by atoms with Crippen LogP contribution in [0.4, 0.5) is 5.95 Å². The topological polar surface area (TPSA) is 93.6 Å². The highest BCUT2D eigenvalue weighted by molar-refractivity contribution is 5.76. The molecule has 0 saturated carbocycles. The van der Waals surface area contributed by atoms with Gasteiger partial charge in [-0.2, -0.15) is 4.98 Å². The summed E-state index contributed by atoms with van der Waals surface area (Å²) in [5, 5.41) is 12.0. The molecule has 0 saturated heterocycles. The molecule has 112 valence electrons. The Balaban J connectivity index is 2.65. The second-order valence-corrected chi connectivity index (χ2v) is 4.56. The van der Waals surface area contributed by atoms with E-state index in [-0.39, 0.29) is 12.1 Å². The fourth-order valence-electron chi connectivity index (χ4n) is 1.56. The van der Waals surface area contributed by atoms with Crippen LogP contribution in [0.2, 0.25) is 0 Å². The quantitative estimate of drug-likeness (QED) is 0.664. The number of methoxy groups -OCH3 is 1. The SMILES string of the molecule is COCCCC(Nc1nccc(OC(C)C)n1)C(=O)O. The van der Waals surface area contributed by atoms with Crippen molar-refractivity contribution in [1.29, 1.82) is 0 Å². The van der Waals surface area contributed by atoms with Gasteiger partial charge in [0.2, 0.25) is 11.8 Å². The first kappa shape index (κ1) is 16.2. The van der Waals surface area contributed by atoms with Gasteiger partial charge >= 0.3 is 5.97 Å². The maximum Gasteiger partial charge on any atom is 0.326 e. The first-order valence-electron chi connectivity index (χ1n) is 6.51. The van der Waals surface area contributed by atoms with E-state index in [1.165, 1.54) is 6.20 Å². The van der Waals surface area contributed by atoms with Crippen LogP contribution in [0.5, 0.6) is 5.88 Å². The van der Waals surface area contributed by atoms with Gasteiger partial charge in [0.1, 0.15) is 6.04 Å². The van der Waals surface area contributed by atoms with Crippen molar-refractivity contribution < 1.29 is 19.4 Å². The summed E-state index contributed by atoms with van der Waals surface area (Å²) < 4.78 is 10.3. The third-order valence-electron chi connectivity index (χ3n) is 2.43. The molecular formula is C13H21N3O4. The molecule has 0 aromatic carbocycles. The molecule has 7 heteroatoms. The normalized spacial score (nSPS) is 12.2. The van der Waals surface area contributed by atoms with Crippen molar-refractivity contribution in [2.45, 2.75) is 38.8 Å². The van der Waals surface area contributed by atoms with Gasteiger partial charge in [-0.15, -0.1) is 0 Å². The van der Waals surface area contributed by atoms with Crippen LogP contribution in [0, 0.1) is 0 Å². The minimum Gasteiger partial charge on any atom is -0.480 e. The van der Waals surface area contributed by atoms with E-state index in [2.05, 4.69) is 15.3 Å². The first-order valence-corrected chi connectivity index (χ1v) is 6.51. The van der Waals surface area contributed by atoms with E-state index in [0.717, 1.165) is 0 Å². The largest absolute Gasteiger partial charge is 0.480 e. The van der Waals surface area contributed by atoms with Crippen molar-refractivity contribution in [3.05, 3.63) is 12.3 Å². The first-order chi connectivity index (χ1) is 9.52. The number of anilines is 1. The maximum absolute atomic E-state index is 11.2. The molecule has 1 aromatic rings. The predicted octanol–water partition coefficient (Wildman–Crippen LogP) is 1.56. The van der Waals surface area contributed by atoms with E-state index < -0.39 is 12.0 Å². The van der Waals surface area contributed by atoms with Crippen LogP contribution in [0.1, 0.15) is 26.7 Å². The molecule has 0 radical (unpaired) electrons. The molecule has 1 atom stereocenters. The summed E-state index contributed by atoms with van der Waals surface area (Å²) in [6.07, 6.45) is 2.60. The maximum atomic E-state index is 11.2.